The summed E-state index contributed by atoms with van der Waals surface area (Å²) in [5.74, 6) is -1.27. The first-order valence-corrected chi connectivity index (χ1v) is 7.85. The van der Waals surface area contributed by atoms with Crippen molar-refractivity contribution in [3.05, 3.63) is 59.4 Å². The lowest BCUT2D eigenvalue weighted by Gasteiger charge is -2.06. The molecule has 0 fully saturated rings. The first-order valence-electron chi connectivity index (χ1n) is 7.85. The number of carbonyl (C=O) groups is 2. The van der Waals surface area contributed by atoms with Gasteiger partial charge in [-0.25, -0.2) is 9.18 Å². The minimum atomic E-state index is -0.774. The fourth-order valence-corrected chi connectivity index (χ4v) is 1.99. The molecule has 0 atom stereocenters. The van der Waals surface area contributed by atoms with Crippen LogP contribution in [0.4, 0.5) is 4.39 Å². The molecule has 0 N–H and O–H groups in total. The van der Waals surface area contributed by atoms with Crippen molar-refractivity contribution in [3.8, 4) is 11.5 Å². The van der Waals surface area contributed by atoms with Crippen molar-refractivity contribution in [3.63, 3.8) is 0 Å². The number of rotatable bonds is 9. The summed E-state index contributed by atoms with van der Waals surface area (Å²) < 4.78 is 28.1. The first-order chi connectivity index (χ1) is 13.0. The molecular formula is C19H18FNO6. The molecule has 2 rings (SSSR count). The SMILES string of the molecule is COc1ccc(/C=N\OCC(=O)OCC(=O)c2ccc(OC)c(F)c2)cc1. The van der Waals surface area contributed by atoms with Gasteiger partial charge >= 0.3 is 5.97 Å². The molecule has 8 heteroatoms. The van der Waals surface area contributed by atoms with E-state index >= 15 is 0 Å². The van der Waals surface area contributed by atoms with Gasteiger partial charge in [0.15, 0.2) is 24.0 Å². The van der Waals surface area contributed by atoms with Gasteiger partial charge < -0.3 is 19.0 Å². The molecule has 0 amide bonds. The molecule has 142 valence electrons. The molecule has 0 spiro atoms. The van der Waals surface area contributed by atoms with Gasteiger partial charge in [-0.05, 0) is 48.0 Å². The number of hydrogen-bond acceptors (Lipinski definition) is 7. The molecule has 0 aromatic heterocycles. The Balaban J connectivity index is 1.74. The van der Waals surface area contributed by atoms with E-state index in [0.29, 0.717) is 5.75 Å². The second-order valence-electron chi connectivity index (χ2n) is 5.21. The minimum Gasteiger partial charge on any atom is -0.497 e. The largest absolute Gasteiger partial charge is 0.497 e. The first kappa shape index (κ1) is 19.9. The third-order valence-corrected chi connectivity index (χ3v) is 3.41. The van der Waals surface area contributed by atoms with Crippen molar-refractivity contribution in [2.24, 2.45) is 5.16 Å². The predicted molar refractivity (Wildman–Crippen MR) is 94.8 cm³/mol. The van der Waals surface area contributed by atoms with Crippen molar-refractivity contribution in [2.45, 2.75) is 0 Å². The zero-order valence-corrected chi connectivity index (χ0v) is 14.8. The number of ketones is 1. The zero-order chi connectivity index (χ0) is 19.6. The van der Waals surface area contributed by atoms with Crippen LogP contribution in [0.5, 0.6) is 11.5 Å². The topological polar surface area (TPSA) is 83.4 Å². The molecular weight excluding hydrogens is 357 g/mol. The number of esters is 1. The standard InChI is InChI=1S/C19H18FNO6/c1-24-15-6-3-13(4-7-15)10-21-27-12-19(23)26-11-17(22)14-5-8-18(25-2)16(20)9-14/h3-10H,11-12H2,1-2H3/b21-10-. The van der Waals surface area contributed by atoms with Crippen LogP contribution in [-0.4, -0.2) is 45.4 Å². The summed E-state index contributed by atoms with van der Waals surface area (Å²) in [6.07, 6.45) is 1.41. The van der Waals surface area contributed by atoms with Crippen LogP contribution in [0.25, 0.3) is 0 Å². The molecule has 2 aromatic carbocycles. The lowest BCUT2D eigenvalue weighted by atomic mass is 10.1. The highest BCUT2D eigenvalue weighted by Crippen LogP contribution is 2.18. The Morgan fingerprint density at radius 2 is 1.78 bits per heavy atom. The van der Waals surface area contributed by atoms with Crippen LogP contribution < -0.4 is 9.47 Å². The lowest BCUT2D eigenvalue weighted by Crippen LogP contribution is -2.17. The van der Waals surface area contributed by atoms with Gasteiger partial charge in [0, 0.05) is 5.56 Å². The van der Waals surface area contributed by atoms with Crippen LogP contribution in [0, 0.1) is 5.82 Å². The maximum Gasteiger partial charge on any atom is 0.347 e. The van der Waals surface area contributed by atoms with E-state index in [4.69, 9.17) is 19.0 Å². The number of halogens is 1. The van der Waals surface area contributed by atoms with Crippen molar-refractivity contribution in [1.82, 2.24) is 0 Å². The van der Waals surface area contributed by atoms with Crippen molar-refractivity contribution >= 4 is 18.0 Å². The van der Waals surface area contributed by atoms with E-state index in [1.807, 2.05) is 0 Å². The summed E-state index contributed by atoms with van der Waals surface area (Å²) >= 11 is 0. The Kier molecular flexibility index (Phi) is 7.30. The highest BCUT2D eigenvalue weighted by atomic mass is 19.1. The number of methoxy groups -OCH3 is 2. The second kappa shape index (κ2) is 9.91. The van der Waals surface area contributed by atoms with Crippen molar-refractivity contribution < 1.29 is 33.0 Å². The third kappa shape index (κ3) is 6.10. The monoisotopic (exact) mass is 375 g/mol. The fraction of sp³-hybridized carbons (Fsp3) is 0.211. The zero-order valence-electron chi connectivity index (χ0n) is 14.8. The summed E-state index contributed by atoms with van der Waals surface area (Å²) in [7, 11) is 2.88. The van der Waals surface area contributed by atoms with E-state index < -0.39 is 30.8 Å². The van der Waals surface area contributed by atoms with Gasteiger partial charge in [0.1, 0.15) is 5.75 Å². The van der Waals surface area contributed by atoms with Gasteiger partial charge in [-0.1, -0.05) is 5.16 Å². The van der Waals surface area contributed by atoms with E-state index in [1.54, 1.807) is 31.4 Å². The van der Waals surface area contributed by atoms with Crippen LogP contribution in [0.15, 0.2) is 47.6 Å². The maximum absolute atomic E-state index is 13.6. The summed E-state index contributed by atoms with van der Waals surface area (Å²) in [5, 5.41) is 3.64. The summed E-state index contributed by atoms with van der Waals surface area (Å²) in [4.78, 5) is 28.3. The quantitative estimate of drug-likeness (QED) is 0.290. The van der Waals surface area contributed by atoms with Crippen LogP contribution in [-0.2, 0) is 14.4 Å². The van der Waals surface area contributed by atoms with E-state index in [0.717, 1.165) is 11.6 Å². The van der Waals surface area contributed by atoms with E-state index in [-0.39, 0.29) is 11.3 Å². The number of ether oxygens (including phenoxy) is 3. The number of Topliss-reactive ketones (excluding diaryl/α,β-unsaturated/α-hetero) is 1. The smallest absolute Gasteiger partial charge is 0.347 e. The number of hydrogen-bond donors (Lipinski definition) is 0. The summed E-state index contributed by atoms with van der Waals surface area (Å²) in [5.41, 5.74) is 0.820. The Hall–Kier alpha value is -3.42. The van der Waals surface area contributed by atoms with E-state index in [1.165, 1.54) is 25.5 Å². The highest BCUT2D eigenvalue weighted by Gasteiger charge is 2.13. The van der Waals surface area contributed by atoms with Crippen LogP contribution in [0.2, 0.25) is 0 Å². The Morgan fingerprint density at radius 1 is 1.04 bits per heavy atom. The van der Waals surface area contributed by atoms with Gasteiger partial charge in [0.25, 0.3) is 0 Å². The molecule has 0 aliphatic heterocycles. The van der Waals surface area contributed by atoms with Crippen LogP contribution in [0.3, 0.4) is 0 Å². The minimum absolute atomic E-state index is 0.0201. The molecule has 0 bridgehead atoms. The van der Waals surface area contributed by atoms with Crippen molar-refractivity contribution in [2.75, 3.05) is 27.4 Å². The normalized spacial score (nSPS) is 10.5. The molecule has 0 saturated heterocycles. The second-order valence-corrected chi connectivity index (χ2v) is 5.21. The van der Waals surface area contributed by atoms with Gasteiger partial charge in [-0.15, -0.1) is 0 Å². The Bertz CT molecular complexity index is 819. The predicted octanol–water partition coefficient (Wildman–Crippen LogP) is 2.62. The molecule has 0 aliphatic rings. The molecule has 0 radical (unpaired) electrons. The van der Waals surface area contributed by atoms with E-state index in [2.05, 4.69) is 5.16 Å². The molecule has 27 heavy (non-hydrogen) atoms. The number of oxime groups is 1. The summed E-state index contributed by atoms with van der Waals surface area (Å²) in [6.45, 7) is -0.993. The molecule has 0 saturated carbocycles. The maximum atomic E-state index is 13.6. The average molecular weight is 375 g/mol. The lowest BCUT2D eigenvalue weighted by molar-refractivity contribution is -0.147. The van der Waals surface area contributed by atoms with Crippen LogP contribution in [0.1, 0.15) is 15.9 Å². The fourth-order valence-electron chi connectivity index (χ4n) is 1.99. The van der Waals surface area contributed by atoms with Gasteiger partial charge in [0.05, 0.1) is 20.4 Å². The van der Waals surface area contributed by atoms with Gasteiger partial charge in [-0.3, -0.25) is 4.79 Å². The molecule has 0 unspecified atom stereocenters. The van der Waals surface area contributed by atoms with Gasteiger partial charge in [0.2, 0.25) is 6.61 Å². The van der Waals surface area contributed by atoms with Gasteiger partial charge in [-0.2, -0.15) is 0 Å². The average Bonchev–Trinajstić information content (AvgIpc) is 2.69. The van der Waals surface area contributed by atoms with Crippen LogP contribution >= 0.6 is 0 Å². The van der Waals surface area contributed by atoms with Crippen molar-refractivity contribution in [1.29, 1.82) is 0 Å². The number of carbonyl (C=O) groups excluding carboxylic acids is 2. The molecule has 7 nitrogen and oxygen atoms in total. The Labute approximate surface area is 155 Å². The summed E-state index contributed by atoms with van der Waals surface area (Å²) in [6, 6.07) is 10.7. The highest BCUT2D eigenvalue weighted by molar-refractivity contribution is 5.98. The number of benzene rings is 2. The molecule has 2 aromatic rings. The van der Waals surface area contributed by atoms with E-state index in [9.17, 15) is 14.0 Å². The number of nitrogens with zero attached hydrogens (tertiary/aromatic N) is 1. The Morgan fingerprint density at radius 3 is 2.41 bits per heavy atom. The molecule has 0 heterocycles. The molecule has 0 aliphatic carbocycles. The third-order valence-electron chi connectivity index (χ3n) is 3.41.